The maximum Gasteiger partial charge on any atom is 0.254 e. The highest BCUT2D eigenvalue weighted by Crippen LogP contribution is 2.22. The van der Waals surface area contributed by atoms with Gasteiger partial charge in [0.2, 0.25) is 0 Å². The molecule has 0 saturated carbocycles. The van der Waals surface area contributed by atoms with Gasteiger partial charge in [0.15, 0.2) is 0 Å². The van der Waals surface area contributed by atoms with Crippen molar-refractivity contribution in [1.29, 1.82) is 0 Å². The van der Waals surface area contributed by atoms with Gasteiger partial charge in [0, 0.05) is 44.4 Å². The maximum atomic E-state index is 12.9. The van der Waals surface area contributed by atoms with E-state index < -0.39 is 0 Å². The van der Waals surface area contributed by atoms with Crippen LogP contribution in [0.5, 0.6) is 0 Å². The van der Waals surface area contributed by atoms with E-state index in [9.17, 15) is 4.79 Å². The van der Waals surface area contributed by atoms with Gasteiger partial charge in [-0.15, -0.1) is 11.3 Å². The van der Waals surface area contributed by atoms with Crippen LogP contribution in [0.3, 0.4) is 0 Å². The molecule has 4 rings (SSSR count). The van der Waals surface area contributed by atoms with Crippen LogP contribution in [-0.4, -0.2) is 58.5 Å². The third kappa shape index (κ3) is 3.71. The molecule has 1 aliphatic rings. The van der Waals surface area contributed by atoms with E-state index in [0.717, 1.165) is 52.9 Å². The van der Waals surface area contributed by atoms with Crippen LogP contribution in [0.25, 0.3) is 10.2 Å². The number of rotatable bonds is 4. The number of anilines is 2. The van der Waals surface area contributed by atoms with Gasteiger partial charge in [0.05, 0.1) is 15.7 Å². The molecule has 1 aliphatic heterocycles. The number of aryl methyl sites for hydroxylation is 1. The molecule has 2 aromatic heterocycles. The van der Waals surface area contributed by atoms with Crippen molar-refractivity contribution in [2.24, 2.45) is 0 Å². The molecular weight excluding hydrogens is 360 g/mol. The van der Waals surface area contributed by atoms with E-state index in [0.29, 0.717) is 13.1 Å². The van der Waals surface area contributed by atoms with Crippen molar-refractivity contribution in [3.63, 3.8) is 0 Å². The summed E-state index contributed by atoms with van der Waals surface area (Å²) in [5.74, 6) is 2.59. The second-order valence-corrected chi connectivity index (χ2v) is 7.39. The van der Waals surface area contributed by atoms with E-state index in [-0.39, 0.29) is 5.91 Å². The molecule has 0 bridgehead atoms. The molecule has 8 heteroatoms. The number of benzene rings is 1. The summed E-state index contributed by atoms with van der Waals surface area (Å²) in [5, 5.41) is 3.24. The lowest BCUT2D eigenvalue weighted by Gasteiger charge is -2.35. The largest absolute Gasteiger partial charge is 0.370 e. The topological polar surface area (TPSA) is 74.2 Å². The minimum Gasteiger partial charge on any atom is -0.370 e. The van der Waals surface area contributed by atoms with Crippen LogP contribution < -0.4 is 10.2 Å². The number of carbonyl (C=O) groups is 1. The van der Waals surface area contributed by atoms with Crippen molar-refractivity contribution in [1.82, 2.24) is 19.9 Å². The number of piperazine rings is 1. The van der Waals surface area contributed by atoms with Crippen LogP contribution in [0.4, 0.5) is 11.6 Å². The van der Waals surface area contributed by atoms with Crippen molar-refractivity contribution < 1.29 is 4.79 Å². The average molecular weight is 382 g/mol. The second kappa shape index (κ2) is 7.48. The maximum absolute atomic E-state index is 12.9. The molecular formula is C19H22N6OS. The predicted molar refractivity (Wildman–Crippen MR) is 109 cm³/mol. The standard InChI is InChI=1S/C19H22N6OS/c1-3-20-17-11-18(23-13(2)22-17)24-6-8-25(9-7-24)19(26)14-4-5-15-16(10-14)27-12-21-15/h4-5,10-12H,3,6-9H2,1-2H3,(H,20,22,23). The van der Waals surface area contributed by atoms with E-state index in [1.807, 2.05) is 48.5 Å². The van der Waals surface area contributed by atoms with Gasteiger partial charge in [0.25, 0.3) is 5.91 Å². The number of amides is 1. The molecule has 0 radical (unpaired) electrons. The first-order chi connectivity index (χ1) is 13.1. The molecule has 0 spiro atoms. The fraction of sp³-hybridized carbons (Fsp3) is 0.368. The van der Waals surface area contributed by atoms with Gasteiger partial charge in [-0.2, -0.15) is 0 Å². The van der Waals surface area contributed by atoms with Crippen molar-refractivity contribution in [3.8, 4) is 0 Å². The number of fused-ring (bicyclic) bond motifs is 1. The number of carbonyl (C=O) groups excluding carboxylic acids is 1. The van der Waals surface area contributed by atoms with Crippen molar-refractivity contribution in [2.45, 2.75) is 13.8 Å². The Kier molecular flexibility index (Phi) is 4.89. The Morgan fingerprint density at radius 1 is 1.19 bits per heavy atom. The van der Waals surface area contributed by atoms with Crippen LogP contribution in [0, 0.1) is 6.92 Å². The first-order valence-corrected chi connectivity index (χ1v) is 9.99. The van der Waals surface area contributed by atoms with Gasteiger partial charge in [-0.05, 0) is 32.0 Å². The monoisotopic (exact) mass is 382 g/mol. The number of thiazole rings is 1. The molecule has 0 aliphatic carbocycles. The van der Waals surface area contributed by atoms with Gasteiger partial charge in [-0.1, -0.05) is 0 Å². The third-order valence-electron chi connectivity index (χ3n) is 4.65. The third-order valence-corrected chi connectivity index (χ3v) is 5.44. The zero-order chi connectivity index (χ0) is 18.8. The number of hydrogen-bond donors (Lipinski definition) is 1. The van der Waals surface area contributed by atoms with Crippen LogP contribution in [0.1, 0.15) is 23.1 Å². The first kappa shape index (κ1) is 17.7. The number of nitrogens with one attached hydrogen (secondary N) is 1. The van der Waals surface area contributed by atoms with Crippen LogP contribution in [0.2, 0.25) is 0 Å². The molecule has 7 nitrogen and oxygen atoms in total. The fourth-order valence-corrected chi connectivity index (χ4v) is 4.01. The van der Waals surface area contributed by atoms with Crippen LogP contribution >= 0.6 is 11.3 Å². The first-order valence-electron chi connectivity index (χ1n) is 9.11. The summed E-state index contributed by atoms with van der Waals surface area (Å²) in [5.41, 5.74) is 3.48. The Morgan fingerprint density at radius 2 is 2.00 bits per heavy atom. The van der Waals surface area contributed by atoms with E-state index >= 15 is 0 Å². The molecule has 3 aromatic rings. The van der Waals surface area contributed by atoms with Gasteiger partial charge < -0.3 is 15.1 Å². The molecule has 140 valence electrons. The molecule has 1 aromatic carbocycles. The summed E-state index contributed by atoms with van der Waals surface area (Å²) < 4.78 is 1.05. The summed E-state index contributed by atoms with van der Waals surface area (Å²) in [6.45, 7) is 7.65. The lowest BCUT2D eigenvalue weighted by molar-refractivity contribution is 0.0746. The van der Waals surface area contributed by atoms with Crippen LogP contribution in [-0.2, 0) is 0 Å². The van der Waals surface area contributed by atoms with Crippen molar-refractivity contribution >= 4 is 39.1 Å². The van der Waals surface area contributed by atoms with E-state index in [1.165, 1.54) is 0 Å². The molecule has 3 heterocycles. The lowest BCUT2D eigenvalue weighted by atomic mass is 10.1. The minimum atomic E-state index is 0.0807. The van der Waals surface area contributed by atoms with Crippen molar-refractivity contribution in [2.75, 3.05) is 42.9 Å². The normalized spacial score (nSPS) is 14.6. The summed E-state index contributed by atoms with van der Waals surface area (Å²) >= 11 is 1.56. The Labute approximate surface area is 162 Å². The van der Waals surface area contributed by atoms with E-state index in [2.05, 4.69) is 25.2 Å². The summed E-state index contributed by atoms with van der Waals surface area (Å²) in [4.78, 5) is 30.2. The van der Waals surface area contributed by atoms with Gasteiger partial charge in [0.1, 0.15) is 17.5 Å². The molecule has 1 N–H and O–H groups in total. The molecule has 0 unspecified atom stereocenters. The molecule has 0 atom stereocenters. The number of aromatic nitrogens is 3. The summed E-state index contributed by atoms with van der Waals surface area (Å²) in [6.07, 6.45) is 0. The quantitative estimate of drug-likeness (QED) is 0.748. The second-order valence-electron chi connectivity index (χ2n) is 6.50. The Morgan fingerprint density at radius 3 is 2.78 bits per heavy atom. The van der Waals surface area contributed by atoms with E-state index in [1.54, 1.807) is 11.3 Å². The lowest BCUT2D eigenvalue weighted by Crippen LogP contribution is -2.49. The molecule has 1 saturated heterocycles. The Hall–Kier alpha value is -2.74. The van der Waals surface area contributed by atoms with E-state index in [4.69, 9.17) is 0 Å². The van der Waals surface area contributed by atoms with Crippen LogP contribution in [0.15, 0.2) is 29.8 Å². The Balaban J connectivity index is 1.44. The molecule has 1 fully saturated rings. The van der Waals surface area contributed by atoms with Gasteiger partial charge in [-0.25, -0.2) is 15.0 Å². The SMILES string of the molecule is CCNc1cc(N2CCN(C(=O)c3ccc4ncsc4c3)CC2)nc(C)n1. The highest BCUT2D eigenvalue weighted by atomic mass is 32.1. The average Bonchev–Trinajstić information content (AvgIpc) is 3.15. The van der Waals surface area contributed by atoms with Crippen molar-refractivity contribution in [3.05, 3.63) is 41.2 Å². The number of hydrogen-bond acceptors (Lipinski definition) is 7. The highest BCUT2D eigenvalue weighted by molar-refractivity contribution is 7.16. The summed E-state index contributed by atoms with van der Waals surface area (Å²) in [7, 11) is 0. The predicted octanol–water partition coefficient (Wildman–Crippen LogP) is 2.79. The summed E-state index contributed by atoms with van der Waals surface area (Å²) in [6, 6.07) is 7.71. The van der Waals surface area contributed by atoms with Gasteiger partial charge in [-0.3, -0.25) is 4.79 Å². The zero-order valence-corrected chi connectivity index (χ0v) is 16.3. The fourth-order valence-electron chi connectivity index (χ4n) is 3.29. The molecule has 27 heavy (non-hydrogen) atoms. The molecule has 1 amide bonds. The number of nitrogens with zero attached hydrogens (tertiary/aromatic N) is 5. The zero-order valence-electron chi connectivity index (χ0n) is 15.5. The minimum absolute atomic E-state index is 0.0807. The highest BCUT2D eigenvalue weighted by Gasteiger charge is 2.23. The van der Waals surface area contributed by atoms with Gasteiger partial charge >= 0.3 is 0 Å². The smallest absolute Gasteiger partial charge is 0.254 e. The Bertz CT molecular complexity index is 964.